The lowest BCUT2D eigenvalue weighted by Crippen LogP contribution is -1.98. The summed E-state index contributed by atoms with van der Waals surface area (Å²) in [4.78, 5) is 3.91. The van der Waals surface area contributed by atoms with Crippen molar-refractivity contribution >= 4 is 12.3 Å². The number of hydrogen-bond donors (Lipinski definition) is 1. The van der Waals surface area contributed by atoms with E-state index in [0.29, 0.717) is 0 Å². The first-order valence-corrected chi connectivity index (χ1v) is 3.85. The fourth-order valence-electron chi connectivity index (χ4n) is 1.27. The maximum atomic E-state index is 9.55. The van der Waals surface area contributed by atoms with Gasteiger partial charge in [-0.05, 0) is 17.2 Å². The maximum Gasteiger partial charge on any atom is 0.115 e. The van der Waals surface area contributed by atoms with Gasteiger partial charge in [0.25, 0.3) is 0 Å². The smallest absolute Gasteiger partial charge is 0.115 e. The minimum atomic E-state index is -0.573. The van der Waals surface area contributed by atoms with E-state index in [9.17, 15) is 5.11 Å². The molecule has 2 heteroatoms. The van der Waals surface area contributed by atoms with Gasteiger partial charge in [-0.15, -0.1) is 0 Å². The molecule has 1 unspecified atom stereocenters. The van der Waals surface area contributed by atoms with Crippen LogP contribution >= 0.6 is 0 Å². The highest BCUT2D eigenvalue weighted by Crippen LogP contribution is 2.19. The van der Waals surface area contributed by atoms with Crippen LogP contribution in [0.25, 0.3) is 6.08 Å². The molecule has 0 saturated heterocycles. The van der Waals surface area contributed by atoms with Crippen molar-refractivity contribution in [3.8, 4) is 0 Å². The van der Waals surface area contributed by atoms with Gasteiger partial charge < -0.3 is 5.11 Å². The molecule has 0 radical (unpaired) electrons. The third-order valence-electron chi connectivity index (χ3n) is 1.88. The first-order chi connectivity index (χ1) is 5.88. The summed E-state index contributed by atoms with van der Waals surface area (Å²) < 4.78 is 0. The molecule has 2 rings (SSSR count). The normalized spacial score (nSPS) is 20.2. The zero-order valence-electron chi connectivity index (χ0n) is 6.51. The van der Waals surface area contributed by atoms with Crippen molar-refractivity contribution in [1.82, 2.24) is 0 Å². The second-order valence-corrected chi connectivity index (χ2v) is 2.69. The number of fused-ring (bicyclic) bond motifs is 1. The summed E-state index contributed by atoms with van der Waals surface area (Å²) in [5.74, 6) is 0. The lowest BCUT2D eigenvalue weighted by molar-refractivity contribution is 0.252. The summed E-state index contributed by atoms with van der Waals surface area (Å²) in [6.45, 7) is 0. The van der Waals surface area contributed by atoms with Gasteiger partial charge >= 0.3 is 0 Å². The summed E-state index contributed by atoms with van der Waals surface area (Å²) >= 11 is 0. The van der Waals surface area contributed by atoms with E-state index in [-0.39, 0.29) is 0 Å². The van der Waals surface area contributed by atoms with Gasteiger partial charge in [0.05, 0.1) is 0 Å². The van der Waals surface area contributed by atoms with Gasteiger partial charge in [0, 0.05) is 12.4 Å². The molecule has 1 aliphatic heterocycles. The quantitative estimate of drug-likeness (QED) is 0.614. The van der Waals surface area contributed by atoms with Crippen molar-refractivity contribution in [2.75, 3.05) is 0 Å². The molecule has 1 heterocycles. The minimum absolute atomic E-state index is 0.573. The lowest BCUT2D eigenvalue weighted by Gasteiger charge is -2.06. The van der Waals surface area contributed by atoms with Crippen LogP contribution in [0.2, 0.25) is 0 Å². The summed E-state index contributed by atoms with van der Waals surface area (Å²) in [5.41, 5.74) is 1.94. The molecule has 0 aliphatic carbocycles. The van der Waals surface area contributed by atoms with Crippen molar-refractivity contribution in [2.24, 2.45) is 4.99 Å². The van der Waals surface area contributed by atoms with Crippen LogP contribution in [-0.4, -0.2) is 11.3 Å². The predicted octanol–water partition coefficient (Wildman–Crippen LogP) is 1.78. The van der Waals surface area contributed by atoms with Crippen LogP contribution < -0.4 is 0 Å². The number of aliphatic hydroxyl groups excluding tert-OH is 1. The van der Waals surface area contributed by atoms with Gasteiger partial charge in [0.15, 0.2) is 0 Å². The summed E-state index contributed by atoms with van der Waals surface area (Å²) in [6.07, 6.45) is 4.54. The molecule has 12 heavy (non-hydrogen) atoms. The third-order valence-corrected chi connectivity index (χ3v) is 1.88. The Hall–Kier alpha value is -1.41. The van der Waals surface area contributed by atoms with E-state index in [1.54, 1.807) is 6.20 Å². The largest absolute Gasteiger partial charge is 0.383 e. The van der Waals surface area contributed by atoms with Gasteiger partial charge in [0.2, 0.25) is 0 Å². The van der Waals surface area contributed by atoms with E-state index in [2.05, 4.69) is 4.99 Å². The molecule has 1 aliphatic rings. The Kier molecular flexibility index (Phi) is 1.76. The Morgan fingerprint density at radius 3 is 3.00 bits per heavy atom. The Balaban J connectivity index is 2.56. The molecule has 0 amide bonds. The minimum Gasteiger partial charge on any atom is -0.383 e. The monoisotopic (exact) mass is 159 g/mol. The Morgan fingerprint density at radius 1 is 1.25 bits per heavy atom. The highest BCUT2D eigenvalue weighted by atomic mass is 16.3. The van der Waals surface area contributed by atoms with E-state index < -0.39 is 6.10 Å². The molecule has 0 fully saturated rings. The fraction of sp³-hybridized carbons (Fsp3) is 0.100. The SMILES string of the molecule is OC1C=NC=Cc2ccccc21. The van der Waals surface area contributed by atoms with Crippen LogP contribution in [0.15, 0.2) is 35.5 Å². The lowest BCUT2D eigenvalue weighted by atomic mass is 10.0. The van der Waals surface area contributed by atoms with E-state index in [1.165, 1.54) is 6.21 Å². The zero-order valence-corrected chi connectivity index (χ0v) is 6.51. The van der Waals surface area contributed by atoms with Crippen molar-refractivity contribution in [1.29, 1.82) is 0 Å². The van der Waals surface area contributed by atoms with Crippen LogP contribution in [-0.2, 0) is 0 Å². The van der Waals surface area contributed by atoms with Crippen LogP contribution in [0.4, 0.5) is 0 Å². The summed E-state index contributed by atoms with van der Waals surface area (Å²) in [7, 11) is 0. The number of nitrogens with zero attached hydrogens (tertiary/aromatic N) is 1. The number of aliphatic imine (C=N–C) groups is 1. The van der Waals surface area contributed by atoms with Gasteiger partial charge in [-0.2, -0.15) is 0 Å². The highest BCUT2D eigenvalue weighted by Gasteiger charge is 2.08. The molecule has 2 nitrogen and oxygen atoms in total. The average Bonchev–Trinajstić information content (AvgIpc) is 2.29. The van der Waals surface area contributed by atoms with Crippen LogP contribution in [0.3, 0.4) is 0 Å². The molecule has 60 valence electrons. The second-order valence-electron chi connectivity index (χ2n) is 2.69. The fourth-order valence-corrected chi connectivity index (χ4v) is 1.27. The van der Waals surface area contributed by atoms with Crippen molar-refractivity contribution < 1.29 is 5.11 Å². The van der Waals surface area contributed by atoms with E-state index >= 15 is 0 Å². The number of aliphatic hydroxyl groups is 1. The Bertz CT molecular complexity index is 341. The van der Waals surface area contributed by atoms with Gasteiger partial charge in [0.1, 0.15) is 6.10 Å². The third kappa shape index (κ3) is 1.17. The second kappa shape index (κ2) is 2.91. The van der Waals surface area contributed by atoms with Gasteiger partial charge in [-0.1, -0.05) is 24.3 Å². The van der Waals surface area contributed by atoms with Crippen molar-refractivity contribution in [2.45, 2.75) is 6.10 Å². The average molecular weight is 159 g/mol. The standard InChI is InChI=1S/C10H9NO/c12-10-7-11-6-5-8-3-1-2-4-9(8)10/h1-7,10,12H. The maximum absolute atomic E-state index is 9.55. The van der Waals surface area contributed by atoms with Crippen LogP contribution in [0, 0.1) is 0 Å². The van der Waals surface area contributed by atoms with Crippen LogP contribution in [0.1, 0.15) is 17.2 Å². The summed E-state index contributed by atoms with van der Waals surface area (Å²) in [6, 6.07) is 7.72. The van der Waals surface area contributed by atoms with Gasteiger partial charge in [-0.3, -0.25) is 4.99 Å². The van der Waals surface area contributed by atoms with E-state index in [1.807, 2.05) is 30.3 Å². The summed E-state index contributed by atoms with van der Waals surface area (Å²) in [5, 5.41) is 9.55. The first-order valence-electron chi connectivity index (χ1n) is 3.85. The molecule has 0 bridgehead atoms. The zero-order chi connectivity index (χ0) is 8.39. The van der Waals surface area contributed by atoms with Crippen molar-refractivity contribution in [3.05, 3.63) is 41.6 Å². The van der Waals surface area contributed by atoms with Gasteiger partial charge in [-0.25, -0.2) is 0 Å². The highest BCUT2D eigenvalue weighted by molar-refractivity contribution is 5.72. The molecular weight excluding hydrogens is 150 g/mol. The first kappa shape index (κ1) is 7.25. The molecule has 1 N–H and O–H groups in total. The number of rotatable bonds is 0. The van der Waals surface area contributed by atoms with E-state index in [4.69, 9.17) is 0 Å². The number of benzene rings is 1. The molecule has 0 spiro atoms. The molecule has 1 aromatic carbocycles. The topological polar surface area (TPSA) is 32.6 Å². The molecule has 1 atom stereocenters. The Morgan fingerprint density at radius 2 is 2.08 bits per heavy atom. The molecular formula is C10H9NO. The Labute approximate surface area is 70.9 Å². The molecule has 0 aromatic heterocycles. The predicted molar refractivity (Wildman–Crippen MR) is 48.9 cm³/mol. The van der Waals surface area contributed by atoms with Crippen molar-refractivity contribution in [3.63, 3.8) is 0 Å². The van der Waals surface area contributed by atoms with E-state index in [0.717, 1.165) is 11.1 Å². The van der Waals surface area contributed by atoms with Crippen LogP contribution in [0.5, 0.6) is 0 Å². The molecule has 1 aromatic rings. The molecule has 0 saturated carbocycles. The number of hydrogen-bond acceptors (Lipinski definition) is 2.